The lowest BCUT2D eigenvalue weighted by Crippen LogP contribution is -2.42. The zero-order chi connectivity index (χ0) is 17.1. The van der Waals surface area contributed by atoms with Crippen molar-refractivity contribution >= 4 is 23.3 Å². The van der Waals surface area contributed by atoms with Gasteiger partial charge < -0.3 is 19.6 Å². The number of ether oxygens (including phenoxy) is 1. The number of rotatable bonds is 5. The Balaban J connectivity index is 2.32. The number of amides is 1. The first-order chi connectivity index (χ1) is 10.8. The molecule has 1 heterocycles. The number of nitrogens with zero attached hydrogens (tertiary/aromatic N) is 2. The summed E-state index contributed by atoms with van der Waals surface area (Å²) in [5.41, 5.74) is 1.45. The molecule has 0 spiro atoms. The van der Waals surface area contributed by atoms with E-state index in [-0.39, 0.29) is 5.91 Å². The minimum atomic E-state index is -0.875. The van der Waals surface area contributed by atoms with Gasteiger partial charge in [-0.25, -0.2) is 0 Å². The van der Waals surface area contributed by atoms with Gasteiger partial charge in [-0.2, -0.15) is 0 Å². The van der Waals surface area contributed by atoms with Crippen molar-refractivity contribution in [3.05, 3.63) is 18.2 Å². The van der Waals surface area contributed by atoms with Crippen molar-refractivity contribution in [3.63, 3.8) is 0 Å². The lowest BCUT2D eigenvalue weighted by molar-refractivity contribution is -0.140. The van der Waals surface area contributed by atoms with Crippen LogP contribution in [0, 0.1) is 18.3 Å². The van der Waals surface area contributed by atoms with Crippen LogP contribution in [-0.4, -0.2) is 43.2 Å². The molecule has 6 heteroatoms. The molecule has 23 heavy (non-hydrogen) atoms. The standard InChI is InChI=1S/C17H20N2O4/c1-5-8-19(10-11(2)17(21)22)13-6-7-14-15(9-13)23-12(3)16(20)18(14)4/h1,6-7,9,11-12H,8,10H2,2-4H3,(H,21,22). The van der Waals surface area contributed by atoms with E-state index in [0.29, 0.717) is 24.5 Å². The van der Waals surface area contributed by atoms with Crippen LogP contribution in [0.3, 0.4) is 0 Å². The number of benzene rings is 1. The SMILES string of the molecule is C#CCN(CC(C)C(=O)O)c1ccc2c(c1)OC(C)C(=O)N2C. The maximum atomic E-state index is 11.9. The van der Waals surface area contributed by atoms with Crippen LogP contribution in [0.25, 0.3) is 0 Å². The third kappa shape index (κ3) is 3.39. The summed E-state index contributed by atoms with van der Waals surface area (Å²) in [4.78, 5) is 26.4. The van der Waals surface area contributed by atoms with Gasteiger partial charge in [-0.3, -0.25) is 9.59 Å². The highest BCUT2D eigenvalue weighted by Gasteiger charge is 2.29. The predicted molar refractivity (Wildman–Crippen MR) is 87.8 cm³/mol. The highest BCUT2D eigenvalue weighted by Crippen LogP contribution is 2.36. The predicted octanol–water partition coefficient (Wildman–Crippen LogP) is 1.59. The Hall–Kier alpha value is -2.68. The number of anilines is 2. The van der Waals surface area contributed by atoms with Gasteiger partial charge in [0.1, 0.15) is 5.75 Å². The Labute approximate surface area is 135 Å². The van der Waals surface area contributed by atoms with Crippen molar-refractivity contribution in [2.75, 3.05) is 29.9 Å². The summed E-state index contributed by atoms with van der Waals surface area (Å²) in [6.45, 7) is 3.92. The van der Waals surface area contributed by atoms with E-state index in [9.17, 15) is 9.59 Å². The second kappa shape index (κ2) is 6.61. The van der Waals surface area contributed by atoms with E-state index in [1.165, 1.54) is 0 Å². The molecule has 1 aromatic carbocycles. The van der Waals surface area contributed by atoms with E-state index in [1.54, 1.807) is 37.9 Å². The molecule has 0 fully saturated rings. The Morgan fingerprint density at radius 2 is 2.26 bits per heavy atom. The molecule has 0 bridgehead atoms. The molecule has 122 valence electrons. The molecule has 2 rings (SSSR count). The molecule has 2 atom stereocenters. The van der Waals surface area contributed by atoms with Crippen molar-refractivity contribution in [1.82, 2.24) is 0 Å². The first-order valence-corrected chi connectivity index (χ1v) is 7.34. The lowest BCUT2D eigenvalue weighted by Gasteiger charge is -2.32. The molecule has 1 aliphatic rings. The molecule has 0 saturated carbocycles. The van der Waals surface area contributed by atoms with Crippen LogP contribution in [0.5, 0.6) is 5.75 Å². The summed E-state index contributed by atoms with van der Waals surface area (Å²) in [6.07, 6.45) is 4.84. The number of carboxylic acid groups (broad SMARTS) is 1. The normalized spacial score (nSPS) is 17.7. The van der Waals surface area contributed by atoms with Crippen LogP contribution >= 0.6 is 0 Å². The maximum Gasteiger partial charge on any atom is 0.308 e. The number of carbonyl (C=O) groups excluding carboxylic acids is 1. The highest BCUT2D eigenvalue weighted by atomic mass is 16.5. The van der Waals surface area contributed by atoms with E-state index in [1.807, 2.05) is 11.0 Å². The molecule has 1 aromatic rings. The van der Waals surface area contributed by atoms with Gasteiger partial charge in [0, 0.05) is 25.3 Å². The fourth-order valence-corrected chi connectivity index (χ4v) is 2.48. The van der Waals surface area contributed by atoms with Crippen molar-refractivity contribution in [2.45, 2.75) is 20.0 Å². The quantitative estimate of drug-likeness (QED) is 0.836. The number of hydrogen-bond donors (Lipinski definition) is 1. The van der Waals surface area contributed by atoms with Crippen LogP contribution in [0.1, 0.15) is 13.8 Å². The molecule has 2 unspecified atom stereocenters. The molecule has 1 amide bonds. The number of carboxylic acids is 1. The Morgan fingerprint density at radius 1 is 1.57 bits per heavy atom. The van der Waals surface area contributed by atoms with Crippen LogP contribution < -0.4 is 14.5 Å². The second-order valence-electron chi connectivity index (χ2n) is 5.63. The minimum absolute atomic E-state index is 0.106. The van der Waals surface area contributed by atoms with E-state index < -0.39 is 18.0 Å². The van der Waals surface area contributed by atoms with Crippen LogP contribution in [0.15, 0.2) is 18.2 Å². The highest BCUT2D eigenvalue weighted by molar-refractivity contribution is 5.99. The average Bonchev–Trinajstić information content (AvgIpc) is 2.51. The average molecular weight is 316 g/mol. The number of aliphatic carboxylic acids is 1. The Bertz CT molecular complexity index is 665. The summed E-state index contributed by atoms with van der Waals surface area (Å²) < 4.78 is 5.65. The van der Waals surface area contributed by atoms with E-state index in [2.05, 4.69) is 5.92 Å². The van der Waals surface area contributed by atoms with Crippen LogP contribution in [0.2, 0.25) is 0 Å². The van der Waals surface area contributed by atoms with Gasteiger partial charge in [0.15, 0.2) is 6.10 Å². The molecule has 1 N–H and O–H groups in total. The van der Waals surface area contributed by atoms with E-state index in [4.69, 9.17) is 16.3 Å². The largest absolute Gasteiger partial charge is 0.481 e. The van der Waals surface area contributed by atoms with Gasteiger partial charge in [-0.05, 0) is 19.1 Å². The van der Waals surface area contributed by atoms with Crippen molar-refractivity contribution < 1.29 is 19.4 Å². The molecule has 0 aromatic heterocycles. The van der Waals surface area contributed by atoms with Crippen LogP contribution in [-0.2, 0) is 9.59 Å². The Kier molecular flexibility index (Phi) is 4.80. The van der Waals surface area contributed by atoms with Crippen molar-refractivity contribution in [2.24, 2.45) is 5.92 Å². The number of hydrogen-bond acceptors (Lipinski definition) is 4. The van der Waals surface area contributed by atoms with Crippen molar-refractivity contribution in [1.29, 1.82) is 0 Å². The molecule has 0 aliphatic carbocycles. The first kappa shape index (κ1) is 16.7. The van der Waals surface area contributed by atoms with Gasteiger partial charge in [0.2, 0.25) is 0 Å². The first-order valence-electron chi connectivity index (χ1n) is 7.34. The van der Waals surface area contributed by atoms with Crippen molar-refractivity contribution in [3.8, 4) is 18.1 Å². The van der Waals surface area contributed by atoms with Gasteiger partial charge in [-0.1, -0.05) is 12.8 Å². The smallest absolute Gasteiger partial charge is 0.308 e. The van der Waals surface area contributed by atoms with Gasteiger partial charge in [0.25, 0.3) is 5.91 Å². The zero-order valence-electron chi connectivity index (χ0n) is 13.4. The number of carbonyl (C=O) groups is 2. The second-order valence-corrected chi connectivity index (χ2v) is 5.63. The van der Waals surface area contributed by atoms with Gasteiger partial charge >= 0.3 is 5.97 Å². The maximum absolute atomic E-state index is 11.9. The van der Waals surface area contributed by atoms with Crippen LogP contribution in [0.4, 0.5) is 11.4 Å². The van der Waals surface area contributed by atoms with E-state index >= 15 is 0 Å². The molecule has 6 nitrogen and oxygen atoms in total. The minimum Gasteiger partial charge on any atom is -0.481 e. The molecular weight excluding hydrogens is 296 g/mol. The Morgan fingerprint density at radius 3 is 2.87 bits per heavy atom. The fourth-order valence-electron chi connectivity index (χ4n) is 2.48. The monoisotopic (exact) mass is 316 g/mol. The molecular formula is C17H20N2O4. The third-order valence-electron chi connectivity index (χ3n) is 3.85. The molecule has 0 radical (unpaired) electrons. The number of terminal acetylenes is 1. The topological polar surface area (TPSA) is 70.1 Å². The fraction of sp³-hybridized carbons (Fsp3) is 0.412. The number of likely N-dealkylation sites (N-methyl/N-ethyl adjacent to an activating group) is 1. The van der Waals surface area contributed by atoms with Gasteiger partial charge in [0.05, 0.1) is 18.2 Å². The summed E-state index contributed by atoms with van der Waals surface area (Å²) >= 11 is 0. The zero-order valence-corrected chi connectivity index (χ0v) is 13.4. The summed E-state index contributed by atoms with van der Waals surface area (Å²) in [6, 6.07) is 5.39. The lowest BCUT2D eigenvalue weighted by atomic mass is 10.1. The van der Waals surface area contributed by atoms with Gasteiger partial charge in [-0.15, -0.1) is 6.42 Å². The summed E-state index contributed by atoms with van der Waals surface area (Å²) in [5.74, 6) is 1.59. The number of fused-ring (bicyclic) bond motifs is 1. The molecule has 0 saturated heterocycles. The third-order valence-corrected chi connectivity index (χ3v) is 3.85. The summed E-state index contributed by atoms with van der Waals surface area (Å²) in [5, 5.41) is 9.09. The molecule has 1 aliphatic heterocycles. The van der Waals surface area contributed by atoms with E-state index in [0.717, 1.165) is 5.69 Å². The summed E-state index contributed by atoms with van der Waals surface area (Å²) in [7, 11) is 1.70.